The van der Waals surface area contributed by atoms with Gasteiger partial charge < -0.3 is 4.74 Å². The Hall–Kier alpha value is -1.35. The third-order valence-electron chi connectivity index (χ3n) is 1.55. The molecule has 0 spiro atoms. The van der Waals surface area contributed by atoms with Crippen LogP contribution in [0.3, 0.4) is 0 Å². The summed E-state index contributed by atoms with van der Waals surface area (Å²) >= 11 is 0. The molecule has 0 aliphatic rings. The number of alkyl halides is 7. The molecule has 0 radical (unpaired) electrons. The second kappa shape index (κ2) is 4.49. The predicted molar refractivity (Wildman–Crippen MR) is 37.6 cm³/mol. The second-order valence-corrected chi connectivity index (χ2v) is 2.70. The van der Waals surface area contributed by atoms with E-state index in [9.17, 15) is 40.3 Å². The molecular formula is C7H5F7O3. The number of carbonyl (C=O) groups is 2. The average Bonchev–Trinajstić information content (AvgIpc) is 2.12. The van der Waals surface area contributed by atoms with Crippen molar-refractivity contribution in [3.63, 3.8) is 0 Å². The molecule has 0 aliphatic heterocycles. The van der Waals surface area contributed by atoms with E-state index >= 15 is 0 Å². The molecule has 0 rings (SSSR count). The van der Waals surface area contributed by atoms with Gasteiger partial charge in [-0.15, -0.1) is 0 Å². The van der Waals surface area contributed by atoms with E-state index in [0.29, 0.717) is 0 Å². The summed E-state index contributed by atoms with van der Waals surface area (Å²) in [6, 6.07) is 0. The van der Waals surface area contributed by atoms with Gasteiger partial charge in [0.05, 0.1) is 6.61 Å². The highest BCUT2D eigenvalue weighted by Crippen LogP contribution is 2.46. The van der Waals surface area contributed by atoms with Crippen LogP contribution in [0.4, 0.5) is 30.7 Å². The van der Waals surface area contributed by atoms with E-state index in [1.165, 1.54) is 0 Å². The molecule has 0 aromatic heterocycles. The zero-order chi connectivity index (χ0) is 14.1. The van der Waals surface area contributed by atoms with Crippen LogP contribution in [0.5, 0.6) is 0 Å². The first kappa shape index (κ1) is 15.6. The van der Waals surface area contributed by atoms with Gasteiger partial charge in [0.15, 0.2) is 0 Å². The summed E-state index contributed by atoms with van der Waals surface area (Å²) < 4.78 is 88.1. The van der Waals surface area contributed by atoms with Gasteiger partial charge in [0.1, 0.15) is 0 Å². The van der Waals surface area contributed by atoms with Crippen LogP contribution in [-0.4, -0.2) is 36.4 Å². The Morgan fingerprint density at radius 1 is 0.941 bits per heavy atom. The molecule has 0 saturated heterocycles. The molecule has 100 valence electrons. The molecule has 0 aromatic rings. The number of carbonyl (C=O) groups excluding carboxylic acids is 2. The van der Waals surface area contributed by atoms with Crippen LogP contribution in [0.1, 0.15) is 6.92 Å². The summed E-state index contributed by atoms with van der Waals surface area (Å²) in [6.07, 6.45) is -13.2. The van der Waals surface area contributed by atoms with Crippen molar-refractivity contribution in [2.45, 2.75) is 24.9 Å². The number of rotatable bonds is 3. The van der Waals surface area contributed by atoms with Gasteiger partial charge >= 0.3 is 24.0 Å². The first-order valence-electron chi connectivity index (χ1n) is 3.93. The number of esters is 1. The molecule has 3 nitrogen and oxygen atoms in total. The van der Waals surface area contributed by atoms with E-state index < -0.39 is 36.4 Å². The van der Waals surface area contributed by atoms with E-state index in [2.05, 4.69) is 4.74 Å². The van der Waals surface area contributed by atoms with Gasteiger partial charge in [-0.25, -0.2) is 9.18 Å². The van der Waals surface area contributed by atoms with Gasteiger partial charge in [0.2, 0.25) is 0 Å². The first-order valence-corrected chi connectivity index (χ1v) is 3.93. The Labute approximate surface area is 89.5 Å². The lowest BCUT2D eigenvalue weighted by molar-refractivity contribution is -0.324. The zero-order valence-electron chi connectivity index (χ0n) is 8.08. The van der Waals surface area contributed by atoms with Crippen molar-refractivity contribution < 1.29 is 45.1 Å². The van der Waals surface area contributed by atoms with Crippen LogP contribution < -0.4 is 0 Å². The van der Waals surface area contributed by atoms with E-state index in [1.54, 1.807) is 0 Å². The third kappa shape index (κ3) is 2.67. The molecule has 0 fully saturated rings. The normalized spacial score (nSPS) is 13.4. The zero-order valence-corrected chi connectivity index (χ0v) is 8.08. The molecular weight excluding hydrogens is 265 g/mol. The fourth-order valence-electron chi connectivity index (χ4n) is 0.755. The minimum absolute atomic E-state index is 0.670. The van der Waals surface area contributed by atoms with Crippen LogP contribution in [0.15, 0.2) is 0 Å². The molecule has 0 N–H and O–H groups in total. The van der Waals surface area contributed by atoms with Crippen molar-refractivity contribution >= 4 is 11.8 Å². The largest absolute Gasteiger partial charge is 0.460 e. The Kier molecular flexibility index (Phi) is 4.14. The lowest BCUT2D eigenvalue weighted by Crippen LogP contribution is -2.61. The summed E-state index contributed by atoms with van der Waals surface area (Å²) in [4.78, 5) is 21.0. The van der Waals surface area contributed by atoms with Crippen molar-refractivity contribution in [1.29, 1.82) is 0 Å². The fourth-order valence-corrected chi connectivity index (χ4v) is 0.755. The van der Waals surface area contributed by atoms with E-state index in [0.717, 1.165) is 6.92 Å². The van der Waals surface area contributed by atoms with Crippen molar-refractivity contribution in [2.24, 2.45) is 0 Å². The van der Waals surface area contributed by atoms with Gasteiger partial charge in [-0.2, -0.15) is 26.3 Å². The summed E-state index contributed by atoms with van der Waals surface area (Å²) in [5, 5.41) is 0. The molecule has 0 saturated carbocycles. The maximum atomic E-state index is 12.9. The number of ketones is 1. The summed E-state index contributed by atoms with van der Waals surface area (Å²) in [5.41, 5.74) is -6.26. The maximum Gasteiger partial charge on any atom is 0.439 e. The number of ether oxygens (including phenoxy) is 1. The average molecular weight is 270 g/mol. The monoisotopic (exact) mass is 270 g/mol. The molecule has 0 aromatic carbocycles. The van der Waals surface area contributed by atoms with Crippen molar-refractivity contribution in [3.05, 3.63) is 0 Å². The van der Waals surface area contributed by atoms with Crippen molar-refractivity contribution in [1.82, 2.24) is 0 Å². The van der Waals surface area contributed by atoms with E-state index in [1.807, 2.05) is 0 Å². The third-order valence-corrected chi connectivity index (χ3v) is 1.55. The van der Waals surface area contributed by atoms with Crippen LogP contribution in [0.2, 0.25) is 0 Å². The van der Waals surface area contributed by atoms with Gasteiger partial charge in [-0.05, 0) is 6.92 Å². The highest BCUT2D eigenvalue weighted by molar-refractivity contribution is 6.37. The minimum Gasteiger partial charge on any atom is -0.460 e. The predicted octanol–water partition coefficient (Wildman–Crippen LogP) is 1.95. The maximum absolute atomic E-state index is 12.9. The number of hydrogen-bond donors (Lipinski definition) is 0. The summed E-state index contributed by atoms with van der Waals surface area (Å²) in [6.45, 7) is 0.350. The van der Waals surface area contributed by atoms with Gasteiger partial charge in [0, 0.05) is 0 Å². The summed E-state index contributed by atoms with van der Waals surface area (Å²) in [5.74, 6) is -5.89. The Morgan fingerprint density at radius 3 is 1.53 bits per heavy atom. The molecule has 0 aliphatic carbocycles. The van der Waals surface area contributed by atoms with Crippen LogP contribution in [0.25, 0.3) is 0 Å². The Bertz CT molecular complexity index is 302. The molecule has 0 bridgehead atoms. The smallest absolute Gasteiger partial charge is 0.439 e. The molecule has 0 amide bonds. The van der Waals surface area contributed by atoms with Gasteiger partial charge in [-0.3, -0.25) is 4.79 Å². The SMILES string of the molecule is CCOC(=O)C(=O)C(F)(C(F)(F)F)C(F)(F)F. The second-order valence-electron chi connectivity index (χ2n) is 2.70. The van der Waals surface area contributed by atoms with Gasteiger partial charge in [0.25, 0.3) is 5.78 Å². The topological polar surface area (TPSA) is 43.4 Å². The van der Waals surface area contributed by atoms with Crippen LogP contribution >= 0.6 is 0 Å². The number of halogens is 7. The summed E-state index contributed by atoms with van der Waals surface area (Å²) in [7, 11) is 0. The van der Waals surface area contributed by atoms with E-state index in [4.69, 9.17) is 0 Å². The number of Topliss-reactive ketones (excluding diaryl/α,β-unsaturated/α-hetero) is 1. The molecule has 0 heterocycles. The molecule has 0 atom stereocenters. The van der Waals surface area contributed by atoms with Gasteiger partial charge in [-0.1, -0.05) is 0 Å². The fraction of sp³-hybridized carbons (Fsp3) is 0.714. The van der Waals surface area contributed by atoms with Crippen LogP contribution in [-0.2, 0) is 14.3 Å². The number of hydrogen-bond acceptors (Lipinski definition) is 3. The van der Waals surface area contributed by atoms with Crippen LogP contribution in [0, 0.1) is 0 Å². The standard InChI is InChI=1S/C7H5F7O3/c1-2-17-4(16)3(15)5(8,6(9,10)11)7(12,13)14/h2H2,1H3. The highest BCUT2D eigenvalue weighted by Gasteiger charge is 2.78. The molecule has 0 unspecified atom stereocenters. The minimum atomic E-state index is -6.60. The van der Waals surface area contributed by atoms with Crippen molar-refractivity contribution in [3.8, 4) is 0 Å². The Balaban J connectivity index is 5.53. The lowest BCUT2D eigenvalue weighted by Gasteiger charge is -2.27. The highest BCUT2D eigenvalue weighted by atomic mass is 19.4. The first-order chi connectivity index (χ1) is 7.39. The Morgan fingerprint density at radius 2 is 1.29 bits per heavy atom. The van der Waals surface area contributed by atoms with Crippen molar-refractivity contribution in [2.75, 3.05) is 6.61 Å². The quantitative estimate of drug-likeness (QED) is 0.447. The molecule has 17 heavy (non-hydrogen) atoms. The van der Waals surface area contributed by atoms with E-state index in [-0.39, 0.29) is 0 Å². The molecule has 10 heteroatoms. The lowest BCUT2D eigenvalue weighted by atomic mass is 9.99.